The summed E-state index contributed by atoms with van der Waals surface area (Å²) in [6, 6.07) is 9.02. The number of nitrogens with zero attached hydrogens (tertiary/aromatic N) is 3. The van der Waals surface area contributed by atoms with E-state index in [1.807, 2.05) is 25.1 Å². The van der Waals surface area contributed by atoms with Crippen LogP contribution < -0.4 is 16.2 Å². The van der Waals surface area contributed by atoms with Crippen molar-refractivity contribution in [3.63, 3.8) is 0 Å². The standard InChI is InChI=1S/C17H19N5O2S/c1-3-13-10-14(23)22-17(20-13)25-16(21-22)19-8-7-11-5-4-6-12(9-11)15(24)18-2/h4-6,9-10H,3,7-8H2,1-2H3,(H,18,24)(H,19,21). The lowest BCUT2D eigenvalue weighted by Crippen LogP contribution is -2.18. The van der Waals surface area contributed by atoms with Crippen molar-refractivity contribution in [2.45, 2.75) is 19.8 Å². The molecule has 0 atom stereocenters. The van der Waals surface area contributed by atoms with Gasteiger partial charge < -0.3 is 10.6 Å². The highest BCUT2D eigenvalue weighted by atomic mass is 32.1. The molecule has 0 spiro atoms. The Morgan fingerprint density at radius 2 is 2.16 bits per heavy atom. The topological polar surface area (TPSA) is 88.4 Å². The number of rotatable bonds is 6. The van der Waals surface area contributed by atoms with E-state index < -0.39 is 0 Å². The van der Waals surface area contributed by atoms with E-state index in [0.717, 1.165) is 17.7 Å². The van der Waals surface area contributed by atoms with Gasteiger partial charge in [-0.25, -0.2) is 4.98 Å². The maximum absolute atomic E-state index is 12.0. The molecule has 25 heavy (non-hydrogen) atoms. The molecule has 130 valence electrons. The van der Waals surface area contributed by atoms with Crippen molar-refractivity contribution in [3.05, 3.63) is 57.5 Å². The van der Waals surface area contributed by atoms with Gasteiger partial charge in [-0.1, -0.05) is 30.4 Å². The van der Waals surface area contributed by atoms with Gasteiger partial charge >= 0.3 is 0 Å². The first-order chi connectivity index (χ1) is 12.1. The second kappa shape index (κ2) is 7.43. The number of aryl methyl sites for hydroxylation is 1. The molecule has 2 N–H and O–H groups in total. The molecule has 2 aromatic heterocycles. The molecule has 0 radical (unpaired) electrons. The Morgan fingerprint density at radius 3 is 2.92 bits per heavy atom. The van der Waals surface area contributed by atoms with Gasteiger partial charge in [-0.05, 0) is 30.5 Å². The van der Waals surface area contributed by atoms with Crippen molar-refractivity contribution in [1.29, 1.82) is 0 Å². The predicted octanol–water partition coefficient (Wildman–Crippen LogP) is 1.73. The molecule has 0 unspecified atom stereocenters. The van der Waals surface area contributed by atoms with Gasteiger partial charge in [-0.3, -0.25) is 9.59 Å². The van der Waals surface area contributed by atoms with Gasteiger partial charge in [0.1, 0.15) is 0 Å². The van der Waals surface area contributed by atoms with E-state index in [2.05, 4.69) is 20.7 Å². The molecule has 0 aliphatic heterocycles. The smallest absolute Gasteiger partial charge is 0.275 e. The Balaban J connectivity index is 1.68. The third-order valence-corrected chi connectivity index (χ3v) is 4.63. The zero-order valence-corrected chi connectivity index (χ0v) is 14.9. The fourth-order valence-electron chi connectivity index (χ4n) is 2.43. The van der Waals surface area contributed by atoms with E-state index in [1.165, 1.54) is 21.9 Å². The van der Waals surface area contributed by atoms with Crippen molar-refractivity contribution in [3.8, 4) is 0 Å². The van der Waals surface area contributed by atoms with Crippen LogP contribution in [-0.4, -0.2) is 34.1 Å². The second-order valence-corrected chi connectivity index (χ2v) is 6.45. The number of nitrogens with one attached hydrogen (secondary N) is 2. The predicted molar refractivity (Wildman–Crippen MR) is 98.5 cm³/mol. The summed E-state index contributed by atoms with van der Waals surface area (Å²) in [4.78, 5) is 28.7. The van der Waals surface area contributed by atoms with Crippen molar-refractivity contribution in [1.82, 2.24) is 19.9 Å². The lowest BCUT2D eigenvalue weighted by atomic mass is 10.1. The SMILES string of the molecule is CCc1cc(=O)n2nc(NCCc3cccc(C(=O)NC)c3)sc2n1. The lowest BCUT2D eigenvalue weighted by molar-refractivity contribution is 0.0963. The Kier molecular flexibility index (Phi) is 5.08. The number of benzene rings is 1. The summed E-state index contributed by atoms with van der Waals surface area (Å²) >= 11 is 1.35. The Labute approximate surface area is 148 Å². The molecular weight excluding hydrogens is 338 g/mol. The van der Waals surface area contributed by atoms with Gasteiger partial charge in [0, 0.05) is 30.9 Å². The summed E-state index contributed by atoms with van der Waals surface area (Å²) in [6.45, 7) is 2.61. The largest absolute Gasteiger partial charge is 0.360 e. The highest BCUT2D eigenvalue weighted by molar-refractivity contribution is 7.20. The number of aromatic nitrogens is 3. The van der Waals surface area contributed by atoms with E-state index in [-0.39, 0.29) is 11.5 Å². The minimum Gasteiger partial charge on any atom is -0.360 e. The second-order valence-electron chi connectivity index (χ2n) is 5.50. The van der Waals surface area contributed by atoms with Gasteiger partial charge in [0.15, 0.2) is 0 Å². The first kappa shape index (κ1) is 17.1. The van der Waals surface area contributed by atoms with E-state index in [4.69, 9.17) is 0 Å². The molecule has 0 saturated carbocycles. The fourth-order valence-corrected chi connectivity index (χ4v) is 3.28. The van der Waals surface area contributed by atoms with Gasteiger partial charge in [-0.15, -0.1) is 5.10 Å². The minimum absolute atomic E-state index is 0.0989. The summed E-state index contributed by atoms with van der Waals surface area (Å²) in [5.74, 6) is -0.0989. The van der Waals surface area contributed by atoms with E-state index in [0.29, 0.717) is 28.6 Å². The van der Waals surface area contributed by atoms with Crippen LogP contribution >= 0.6 is 11.3 Å². The number of fused-ring (bicyclic) bond motifs is 1. The van der Waals surface area contributed by atoms with Gasteiger partial charge in [0.25, 0.3) is 11.5 Å². The van der Waals surface area contributed by atoms with Crippen molar-refractivity contribution in [2.75, 3.05) is 18.9 Å². The molecular formula is C17H19N5O2S. The molecule has 0 aliphatic carbocycles. The highest BCUT2D eigenvalue weighted by Crippen LogP contribution is 2.17. The van der Waals surface area contributed by atoms with Crippen molar-refractivity contribution in [2.24, 2.45) is 0 Å². The van der Waals surface area contributed by atoms with Gasteiger partial charge in [0.05, 0.1) is 0 Å². The van der Waals surface area contributed by atoms with Crippen LogP contribution in [-0.2, 0) is 12.8 Å². The number of carbonyl (C=O) groups is 1. The van der Waals surface area contributed by atoms with Gasteiger partial charge in [0.2, 0.25) is 10.1 Å². The van der Waals surface area contributed by atoms with Crippen molar-refractivity contribution >= 4 is 27.3 Å². The fraction of sp³-hybridized carbons (Fsp3) is 0.294. The maximum Gasteiger partial charge on any atom is 0.275 e. The quantitative estimate of drug-likeness (QED) is 0.701. The average Bonchev–Trinajstić information content (AvgIpc) is 3.04. The van der Waals surface area contributed by atoms with Crippen LogP contribution in [0.25, 0.3) is 4.96 Å². The number of hydrogen-bond acceptors (Lipinski definition) is 6. The third-order valence-electron chi connectivity index (χ3n) is 3.77. The summed E-state index contributed by atoms with van der Waals surface area (Å²) in [7, 11) is 1.61. The molecule has 0 aliphatic rings. The molecule has 7 nitrogen and oxygen atoms in total. The normalized spacial score (nSPS) is 10.8. The summed E-state index contributed by atoms with van der Waals surface area (Å²) in [6.07, 6.45) is 1.46. The van der Waals surface area contributed by atoms with Crippen LogP contribution in [0.1, 0.15) is 28.5 Å². The molecule has 0 saturated heterocycles. The molecule has 3 aromatic rings. The molecule has 3 rings (SSSR count). The number of carbonyl (C=O) groups excluding carboxylic acids is 1. The van der Waals surface area contributed by atoms with Crippen LogP contribution in [0.2, 0.25) is 0 Å². The Morgan fingerprint density at radius 1 is 1.32 bits per heavy atom. The average molecular weight is 357 g/mol. The zero-order valence-electron chi connectivity index (χ0n) is 14.1. The van der Waals surface area contributed by atoms with Crippen molar-refractivity contribution < 1.29 is 4.79 Å². The van der Waals surface area contributed by atoms with Crippen LogP contribution in [0.5, 0.6) is 0 Å². The van der Waals surface area contributed by atoms with Crippen LogP contribution in [0.4, 0.5) is 5.13 Å². The zero-order chi connectivity index (χ0) is 17.8. The number of anilines is 1. The maximum atomic E-state index is 12.0. The molecule has 8 heteroatoms. The summed E-state index contributed by atoms with van der Waals surface area (Å²) in [5, 5.41) is 10.8. The number of amides is 1. The van der Waals surface area contributed by atoms with E-state index >= 15 is 0 Å². The van der Waals surface area contributed by atoms with Crippen LogP contribution in [0.15, 0.2) is 35.1 Å². The third kappa shape index (κ3) is 3.85. The first-order valence-corrected chi connectivity index (χ1v) is 8.87. The van der Waals surface area contributed by atoms with Crippen LogP contribution in [0, 0.1) is 0 Å². The van der Waals surface area contributed by atoms with E-state index in [9.17, 15) is 9.59 Å². The summed E-state index contributed by atoms with van der Waals surface area (Å²) in [5.41, 5.74) is 2.30. The molecule has 0 bridgehead atoms. The Bertz CT molecular complexity index is 963. The molecule has 1 amide bonds. The number of hydrogen-bond donors (Lipinski definition) is 2. The lowest BCUT2D eigenvalue weighted by Gasteiger charge is -2.05. The monoisotopic (exact) mass is 357 g/mol. The molecule has 2 heterocycles. The van der Waals surface area contributed by atoms with Crippen LogP contribution in [0.3, 0.4) is 0 Å². The minimum atomic E-state index is -0.163. The summed E-state index contributed by atoms with van der Waals surface area (Å²) < 4.78 is 1.32. The first-order valence-electron chi connectivity index (χ1n) is 8.05. The van der Waals surface area contributed by atoms with E-state index in [1.54, 1.807) is 13.1 Å². The van der Waals surface area contributed by atoms with Gasteiger partial charge in [-0.2, -0.15) is 4.52 Å². The highest BCUT2D eigenvalue weighted by Gasteiger charge is 2.08. The Hall–Kier alpha value is -2.74. The molecule has 1 aromatic carbocycles. The molecule has 0 fully saturated rings.